The molecule has 3 N–H and O–H groups in total. The van der Waals surface area contributed by atoms with Crippen LogP contribution in [0.3, 0.4) is 0 Å². The molecule has 0 bridgehead atoms. The molecule has 0 aliphatic carbocycles. The summed E-state index contributed by atoms with van der Waals surface area (Å²) in [5.41, 5.74) is 0.342. The first-order chi connectivity index (χ1) is 8.00. The van der Waals surface area contributed by atoms with E-state index in [4.69, 9.17) is 5.14 Å². The van der Waals surface area contributed by atoms with E-state index in [2.05, 4.69) is 5.32 Å². The lowest BCUT2D eigenvalue weighted by Gasteiger charge is -2.30. The molecule has 1 aliphatic rings. The van der Waals surface area contributed by atoms with Crippen molar-refractivity contribution in [3.63, 3.8) is 0 Å². The summed E-state index contributed by atoms with van der Waals surface area (Å²) in [6.07, 6.45) is 0. The minimum absolute atomic E-state index is 0.342. The second-order valence-corrected chi connectivity index (χ2v) is 5.37. The minimum Gasteiger partial charge on any atom is -0.368 e. The van der Waals surface area contributed by atoms with Gasteiger partial charge in [-0.05, 0) is 12.1 Å². The van der Waals surface area contributed by atoms with Gasteiger partial charge in [0.2, 0.25) is 10.0 Å². The van der Waals surface area contributed by atoms with Gasteiger partial charge in [0.15, 0.2) is 0 Å². The number of primary sulfonamides is 1. The van der Waals surface area contributed by atoms with Crippen LogP contribution in [0, 0.1) is 5.82 Å². The van der Waals surface area contributed by atoms with E-state index in [0.29, 0.717) is 18.8 Å². The van der Waals surface area contributed by atoms with Crippen LogP contribution in [-0.4, -0.2) is 34.6 Å². The topological polar surface area (TPSA) is 75.4 Å². The van der Waals surface area contributed by atoms with Crippen molar-refractivity contribution in [2.45, 2.75) is 4.90 Å². The summed E-state index contributed by atoms with van der Waals surface area (Å²) in [7, 11) is -4.05. The fourth-order valence-corrected chi connectivity index (χ4v) is 2.76. The molecule has 0 aromatic heterocycles. The number of nitrogens with zero attached hydrogens (tertiary/aromatic N) is 1. The molecule has 7 heteroatoms. The predicted molar refractivity (Wildman–Crippen MR) is 62.9 cm³/mol. The lowest BCUT2D eigenvalue weighted by Crippen LogP contribution is -2.44. The van der Waals surface area contributed by atoms with E-state index in [9.17, 15) is 12.8 Å². The first-order valence-electron chi connectivity index (χ1n) is 5.27. The molecule has 5 nitrogen and oxygen atoms in total. The van der Waals surface area contributed by atoms with E-state index in [1.54, 1.807) is 6.07 Å². The Hall–Kier alpha value is -1.18. The van der Waals surface area contributed by atoms with Gasteiger partial charge in [0, 0.05) is 26.2 Å². The number of halogens is 1. The van der Waals surface area contributed by atoms with Crippen LogP contribution >= 0.6 is 0 Å². The normalized spacial score (nSPS) is 17.2. The fourth-order valence-electron chi connectivity index (χ4n) is 1.93. The average Bonchev–Trinajstić information content (AvgIpc) is 2.28. The Morgan fingerprint density at radius 1 is 1.29 bits per heavy atom. The molecule has 1 aliphatic heterocycles. The highest BCUT2D eigenvalue weighted by atomic mass is 32.2. The van der Waals surface area contributed by atoms with Crippen LogP contribution in [0.2, 0.25) is 0 Å². The lowest BCUT2D eigenvalue weighted by atomic mass is 10.2. The Balaban J connectivity index is 2.49. The van der Waals surface area contributed by atoms with Crippen LogP contribution in [0.1, 0.15) is 0 Å². The van der Waals surface area contributed by atoms with Crippen molar-refractivity contribution >= 4 is 15.7 Å². The van der Waals surface area contributed by atoms with Gasteiger partial charge in [0.05, 0.1) is 5.69 Å². The predicted octanol–water partition coefficient (Wildman–Crippen LogP) is -0.117. The molecule has 0 atom stereocenters. The van der Waals surface area contributed by atoms with Gasteiger partial charge in [-0.3, -0.25) is 0 Å². The largest absolute Gasteiger partial charge is 0.368 e. The van der Waals surface area contributed by atoms with Crippen molar-refractivity contribution in [3.05, 3.63) is 24.0 Å². The molecule has 1 aromatic carbocycles. The number of hydrogen-bond acceptors (Lipinski definition) is 4. The minimum atomic E-state index is -4.05. The first kappa shape index (κ1) is 12.3. The number of rotatable bonds is 2. The number of piperazine rings is 1. The van der Waals surface area contributed by atoms with Gasteiger partial charge in [0.25, 0.3) is 0 Å². The monoisotopic (exact) mass is 259 g/mol. The smallest absolute Gasteiger partial charge is 0.243 e. The van der Waals surface area contributed by atoms with Gasteiger partial charge in [0.1, 0.15) is 10.7 Å². The Morgan fingerprint density at radius 2 is 1.94 bits per heavy atom. The van der Waals surface area contributed by atoms with Gasteiger partial charge >= 0.3 is 0 Å². The van der Waals surface area contributed by atoms with Crippen molar-refractivity contribution in [1.29, 1.82) is 0 Å². The van der Waals surface area contributed by atoms with Crippen molar-refractivity contribution in [1.82, 2.24) is 5.32 Å². The summed E-state index contributed by atoms with van der Waals surface area (Å²) in [5, 5.41) is 8.20. The van der Waals surface area contributed by atoms with E-state index < -0.39 is 20.7 Å². The molecule has 1 aromatic rings. The molecule has 17 heavy (non-hydrogen) atoms. The molecular weight excluding hydrogens is 245 g/mol. The first-order valence-corrected chi connectivity index (χ1v) is 6.82. The summed E-state index contributed by atoms with van der Waals surface area (Å²) >= 11 is 0. The number of nitrogens with one attached hydrogen (secondary N) is 1. The third kappa shape index (κ3) is 2.56. The third-order valence-corrected chi connectivity index (χ3v) is 3.66. The zero-order valence-electron chi connectivity index (χ0n) is 9.19. The van der Waals surface area contributed by atoms with Gasteiger partial charge in [-0.15, -0.1) is 0 Å². The molecular formula is C10H14FN3O2S. The molecule has 94 valence electrons. The number of anilines is 1. The summed E-state index contributed by atoms with van der Waals surface area (Å²) < 4.78 is 36.4. The third-order valence-electron chi connectivity index (χ3n) is 2.69. The number of nitrogens with two attached hydrogens (primary N) is 1. The molecule has 0 unspecified atom stereocenters. The van der Waals surface area contributed by atoms with Crippen molar-refractivity contribution in [3.8, 4) is 0 Å². The van der Waals surface area contributed by atoms with Crippen LogP contribution in [0.15, 0.2) is 23.1 Å². The van der Waals surface area contributed by atoms with E-state index in [1.807, 2.05) is 4.90 Å². The maximum atomic E-state index is 13.6. The van der Waals surface area contributed by atoms with E-state index in [-0.39, 0.29) is 0 Å². The van der Waals surface area contributed by atoms with Crippen LogP contribution < -0.4 is 15.4 Å². The van der Waals surface area contributed by atoms with Crippen molar-refractivity contribution in [2.75, 3.05) is 31.1 Å². The van der Waals surface area contributed by atoms with E-state index in [0.717, 1.165) is 19.2 Å². The Kier molecular flexibility index (Phi) is 3.32. The van der Waals surface area contributed by atoms with E-state index >= 15 is 0 Å². The highest BCUT2D eigenvalue weighted by Gasteiger charge is 2.23. The summed E-state index contributed by atoms with van der Waals surface area (Å²) in [6, 6.07) is 4.17. The molecule has 1 saturated heterocycles. The van der Waals surface area contributed by atoms with Crippen molar-refractivity contribution < 1.29 is 12.8 Å². The molecule has 2 rings (SSSR count). The molecule has 0 amide bonds. The molecule has 0 spiro atoms. The quantitative estimate of drug-likeness (QED) is 0.776. The summed E-state index contributed by atoms with van der Waals surface area (Å²) in [4.78, 5) is 1.40. The molecule has 1 fully saturated rings. The fraction of sp³-hybridized carbons (Fsp3) is 0.400. The van der Waals surface area contributed by atoms with Gasteiger partial charge in [-0.2, -0.15) is 0 Å². The standard InChI is InChI=1S/C10H14FN3O2S/c11-8-2-1-3-9(10(8)17(12,15)16)14-6-4-13-5-7-14/h1-3,13H,4-7H2,(H2,12,15,16). The maximum absolute atomic E-state index is 13.6. The van der Waals surface area contributed by atoms with Crippen molar-refractivity contribution in [2.24, 2.45) is 5.14 Å². The Morgan fingerprint density at radius 3 is 2.53 bits per heavy atom. The molecule has 0 radical (unpaired) electrons. The number of benzene rings is 1. The Bertz CT molecular complexity index is 512. The van der Waals surface area contributed by atoms with Gasteiger partial charge in [-0.25, -0.2) is 17.9 Å². The number of hydrogen-bond donors (Lipinski definition) is 2. The SMILES string of the molecule is NS(=O)(=O)c1c(F)cccc1N1CCNCC1. The highest BCUT2D eigenvalue weighted by Crippen LogP contribution is 2.26. The second-order valence-electron chi connectivity index (χ2n) is 3.87. The molecule has 0 saturated carbocycles. The van der Waals surface area contributed by atoms with Crippen LogP contribution in [0.4, 0.5) is 10.1 Å². The van der Waals surface area contributed by atoms with Crippen LogP contribution in [-0.2, 0) is 10.0 Å². The summed E-state index contributed by atoms with van der Waals surface area (Å²) in [5.74, 6) is -0.802. The van der Waals surface area contributed by atoms with Gasteiger partial charge in [-0.1, -0.05) is 6.07 Å². The lowest BCUT2D eigenvalue weighted by molar-refractivity contribution is 0.555. The van der Waals surface area contributed by atoms with Gasteiger partial charge < -0.3 is 10.2 Å². The van der Waals surface area contributed by atoms with Crippen LogP contribution in [0.25, 0.3) is 0 Å². The summed E-state index contributed by atoms with van der Waals surface area (Å²) in [6.45, 7) is 2.74. The molecule has 1 heterocycles. The zero-order chi connectivity index (χ0) is 12.5. The van der Waals surface area contributed by atoms with E-state index in [1.165, 1.54) is 6.07 Å². The van der Waals surface area contributed by atoms with Crippen LogP contribution in [0.5, 0.6) is 0 Å². The number of sulfonamides is 1. The zero-order valence-corrected chi connectivity index (χ0v) is 10.0. The maximum Gasteiger partial charge on any atom is 0.243 e. The second kappa shape index (κ2) is 4.59. The average molecular weight is 259 g/mol. The Labute approximate surface area is 99.5 Å². The highest BCUT2D eigenvalue weighted by molar-refractivity contribution is 7.89.